The summed E-state index contributed by atoms with van der Waals surface area (Å²) in [6.07, 6.45) is 1.09. The van der Waals surface area contributed by atoms with Gasteiger partial charge in [-0.3, -0.25) is 0 Å². The Labute approximate surface area is 117 Å². The topological polar surface area (TPSA) is 30.5 Å². The molecule has 1 aliphatic rings. The van der Waals surface area contributed by atoms with E-state index in [1.807, 2.05) is 6.07 Å². The van der Waals surface area contributed by atoms with Gasteiger partial charge in [0.1, 0.15) is 0 Å². The maximum atomic E-state index is 5.40. The van der Waals surface area contributed by atoms with Crippen LogP contribution in [0.5, 0.6) is 11.5 Å². The highest BCUT2D eigenvalue weighted by atomic mass is 32.1. The first-order valence-electron chi connectivity index (χ1n) is 6.52. The molecule has 1 unspecified atom stereocenters. The summed E-state index contributed by atoms with van der Waals surface area (Å²) in [4.78, 5) is 1.39. The zero-order valence-corrected chi connectivity index (χ0v) is 11.7. The number of benzene rings is 1. The van der Waals surface area contributed by atoms with Crippen molar-refractivity contribution in [3.63, 3.8) is 0 Å². The summed E-state index contributed by atoms with van der Waals surface area (Å²) in [6.45, 7) is 3.38. The number of hydrogen-bond donors (Lipinski definition) is 1. The van der Waals surface area contributed by atoms with Crippen LogP contribution in [0.4, 0.5) is 0 Å². The summed E-state index contributed by atoms with van der Waals surface area (Å²) in [6, 6.07) is 10.8. The molecule has 0 amide bonds. The maximum Gasteiger partial charge on any atom is 0.231 e. The van der Waals surface area contributed by atoms with Crippen LogP contribution in [0.25, 0.3) is 0 Å². The van der Waals surface area contributed by atoms with Gasteiger partial charge in [0.2, 0.25) is 6.79 Å². The lowest BCUT2D eigenvalue weighted by molar-refractivity contribution is 0.174. The third kappa shape index (κ3) is 2.74. The van der Waals surface area contributed by atoms with E-state index in [1.54, 1.807) is 11.3 Å². The van der Waals surface area contributed by atoms with Crippen molar-refractivity contribution in [3.8, 4) is 11.5 Å². The van der Waals surface area contributed by atoms with Crippen LogP contribution >= 0.6 is 11.3 Å². The zero-order chi connectivity index (χ0) is 13.1. The smallest absolute Gasteiger partial charge is 0.231 e. The van der Waals surface area contributed by atoms with Crippen LogP contribution in [0.2, 0.25) is 0 Å². The minimum atomic E-state index is 0.332. The average molecular weight is 275 g/mol. The van der Waals surface area contributed by atoms with Gasteiger partial charge in [-0.15, -0.1) is 11.3 Å². The molecule has 2 aromatic rings. The summed E-state index contributed by atoms with van der Waals surface area (Å²) in [5.41, 5.74) is 1.22. The molecule has 2 heterocycles. The second kappa shape index (κ2) is 5.63. The predicted molar refractivity (Wildman–Crippen MR) is 76.8 cm³/mol. The van der Waals surface area contributed by atoms with Crippen molar-refractivity contribution >= 4 is 11.3 Å². The van der Waals surface area contributed by atoms with Crippen molar-refractivity contribution in [2.24, 2.45) is 0 Å². The molecule has 0 bridgehead atoms. The highest BCUT2D eigenvalue weighted by Gasteiger charge is 2.14. The molecule has 3 rings (SSSR count). The zero-order valence-electron chi connectivity index (χ0n) is 10.9. The molecular formula is C15H17NO2S. The second-order valence-corrected chi connectivity index (χ2v) is 5.52. The highest BCUT2D eigenvalue weighted by molar-refractivity contribution is 7.10. The Kier molecular flexibility index (Phi) is 3.71. The average Bonchev–Trinajstić information content (AvgIpc) is 3.10. The molecule has 100 valence electrons. The van der Waals surface area contributed by atoms with Crippen LogP contribution in [0.3, 0.4) is 0 Å². The lowest BCUT2D eigenvalue weighted by atomic mass is 10.1. The quantitative estimate of drug-likeness (QED) is 0.902. The lowest BCUT2D eigenvalue weighted by Crippen LogP contribution is -2.19. The van der Waals surface area contributed by atoms with Crippen LogP contribution in [0.1, 0.15) is 29.8 Å². The van der Waals surface area contributed by atoms with Crippen LogP contribution in [-0.2, 0) is 6.54 Å². The molecule has 0 saturated carbocycles. The molecule has 1 atom stereocenters. The molecule has 1 aliphatic heterocycles. The van der Waals surface area contributed by atoms with Gasteiger partial charge in [0.15, 0.2) is 11.5 Å². The van der Waals surface area contributed by atoms with Crippen LogP contribution in [-0.4, -0.2) is 6.79 Å². The number of rotatable bonds is 5. The van der Waals surface area contributed by atoms with E-state index in [9.17, 15) is 0 Å². The van der Waals surface area contributed by atoms with Gasteiger partial charge in [0.25, 0.3) is 0 Å². The van der Waals surface area contributed by atoms with Gasteiger partial charge in [0.05, 0.1) is 0 Å². The third-order valence-corrected chi connectivity index (χ3v) is 4.27. The van der Waals surface area contributed by atoms with E-state index in [-0.39, 0.29) is 0 Å². The third-order valence-electron chi connectivity index (χ3n) is 3.28. The summed E-state index contributed by atoms with van der Waals surface area (Å²) < 4.78 is 10.7. The molecule has 4 heteroatoms. The van der Waals surface area contributed by atoms with E-state index in [4.69, 9.17) is 9.47 Å². The number of fused-ring (bicyclic) bond motifs is 1. The molecule has 0 spiro atoms. The molecule has 0 saturated heterocycles. The summed E-state index contributed by atoms with van der Waals surface area (Å²) >= 11 is 1.80. The van der Waals surface area contributed by atoms with Crippen molar-refractivity contribution in [3.05, 3.63) is 46.2 Å². The van der Waals surface area contributed by atoms with Gasteiger partial charge in [-0.25, -0.2) is 0 Å². The first-order chi connectivity index (χ1) is 9.36. The SMILES string of the molecule is CCC(NCc1ccc2c(c1)OCO2)c1cccs1. The Morgan fingerprint density at radius 3 is 2.95 bits per heavy atom. The molecule has 3 nitrogen and oxygen atoms in total. The lowest BCUT2D eigenvalue weighted by Gasteiger charge is -2.15. The van der Waals surface area contributed by atoms with Crippen LogP contribution < -0.4 is 14.8 Å². The number of nitrogens with one attached hydrogen (secondary N) is 1. The van der Waals surface area contributed by atoms with E-state index in [1.165, 1.54) is 10.4 Å². The van der Waals surface area contributed by atoms with Gasteiger partial charge in [-0.2, -0.15) is 0 Å². The van der Waals surface area contributed by atoms with E-state index in [2.05, 4.69) is 41.9 Å². The summed E-state index contributed by atoms with van der Waals surface area (Å²) in [7, 11) is 0. The predicted octanol–water partition coefficient (Wildman–Crippen LogP) is 3.72. The van der Waals surface area contributed by atoms with Gasteiger partial charge in [0, 0.05) is 17.5 Å². The number of thiophene rings is 1. The van der Waals surface area contributed by atoms with E-state index >= 15 is 0 Å². The molecule has 1 aromatic carbocycles. The largest absolute Gasteiger partial charge is 0.454 e. The standard InChI is InChI=1S/C15H17NO2S/c1-2-12(15-4-3-7-19-15)16-9-11-5-6-13-14(8-11)18-10-17-13/h3-8,12,16H,2,9-10H2,1H3. The van der Waals surface area contributed by atoms with Crippen molar-refractivity contribution in [2.75, 3.05) is 6.79 Å². The molecule has 1 N–H and O–H groups in total. The molecule has 19 heavy (non-hydrogen) atoms. The fourth-order valence-electron chi connectivity index (χ4n) is 2.23. The molecule has 0 radical (unpaired) electrons. The molecule has 0 aliphatic carbocycles. The van der Waals surface area contributed by atoms with Gasteiger partial charge in [-0.05, 0) is 35.6 Å². The van der Waals surface area contributed by atoms with E-state index in [0.29, 0.717) is 12.8 Å². The van der Waals surface area contributed by atoms with Gasteiger partial charge in [-0.1, -0.05) is 19.1 Å². The van der Waals surface area contributed by atoms with E-state index in [0.717, 1.165) is 24.5 Å². The summed E-state index contributed by atoms with van der Waals surface area (Å²) in [5, 5.41) is 5.72. The Hall–Kier alpha value is -1.52. The Bertz CT molecular complexity index is 539. The Morgan fingerprint density at radius 1 is 1.26 bits per heavy atom. The number of ether oxygens (including phenoxy) is 2. The van der Waals surface area contributed by atoms with E-state index < -0.39 is 0 Å². The monoisotopic (exact) mass is 275 g/mol. The van der Waals surface area contributed by atoms with Crippen LogP contribution in [0.15, 0.2) is 35.7 Å². The first kappa shape index (κ1) is 12.5. The Morgan fingerprint density at radius 2 is 2.16 bits per heavy atom. The van der Waals surface area contributed by atoms with Crippen molar-refractivity contribution in [1.82, 2.24) is 5.32 Å². The highest BCUT2D eigenvalue weighted by Crippen LogP contribution is 2.32. The van der Waals surface area contributed by atoms with Crippen molar-refractivity contribution in [1.29, 1.82) is 0 Å². The molecule has 0 fully saturated rings. The molecule has 1 aromatic heterocycles. The Balaban J connectivity index is 1.65. The second-order valence-electron chi connectivity index (χ2n) is 4.54. The van der Waals surface area contributed by atoms with Crippen molar-refractivity contribution in [2.45, 2.75) is 25.9 Å². The summed E-state index contributed by atoms with van der Waals surface area (Å²) in [5.74, 6) is 1.69. The number of hydrogen-bond acceptors (Lipinski definition) is 4. The normalized spacial score (nSPS) is 14.6. The maximum absolute atomic E-state index is 5.40. The van der Waals surface area contributed by atoms with Gasteiger partial charge >= 0.3 is 0 Å². The molecular weight excluding hydrogens is 258 g/mol. The first-order valence-corrected chi connectivity index (χ1v) is 7.40. The van der Waals surface area contributed by atoms with Crippen LogP contribution in [0, 0.1) is 0 Å². The van der Waals surface area contributed by atoms with Gasteiger partial charge < -0.3 is 14.8 Å². The minimum absolute atomic E-state index is 0.332. The minimum Gasteiger partial charge on any atom is -0.454 e. The fourth-order valence-corrected chi connectivity index (χ4v) is 3.11. The fraction of sp³-hybridized carbons (Fsp3) is 0.333. The van der Waals surface area contributed by atoms with Crippen molar-refractivity contribution < 1.29 is 9.47 Å².